The summed E-state index contributed by atoms with van der Waals surface area (Å²) in [5.41, 5.74) is 1.88. The molecule has 2 amide bonds. The molecular weight excluding hydrogens is 470 g/mol. The Hall–Kier alpha value is -2.68. The Labute approximate surface area is 220 Å². The van der Waals surface area contributed by atoms with Gasteiger partial charge in [0.25, 0.3) is 0 Å². The zero-order valence-corrected chi connectivity index (χ0v) is 22.2. The molecule has 1 saturated carbocycles. The van der Waals surface area contributed by atoms with E-state index in [0.29, 0.717) is 6.54 Å². The number of carbonyl (C=O) groups excluding carboxylic acids is 2. The summed E-state index contributed by atoms with van der Waals surface area (Å²) in [6.45, 7) is 5.35. The fourth-order valence-corrected chi connectivity index (χ4v) is 5.90. The minimum atomic E-state index is -1.12. The van der Waals surface area contributed by atoms with E-state index >= 15 is 0 Å². The summed E-state index contributed by atoms with van der Waals surface area (Å²) in [7, 11) is 0. The number of hydrogen-bond acceptors (Lipinski definition) is 6. The number of amides is 2. The van der Waals surface area contributed by atoms with Crippen LogP contribution in [0.4, 0.5) is 5.82 Å². The zero-order valence-electron chi connectivity index (χ0n) is 22.2. The number of pyridine rings is 1. The summed E-state index contributed by atoms with van der Waals surface area (Å²) in [5.74, 6) is -0.606. The van der Waals surface area contributed by atoms with Crippen molar-refractivity contribution in [1.29, 1.82) is 0 Å². The standard InChI is InChI=1S/C28H43N5O4/c1-28(13-3-2-4-14-28)27(37)32-23(26(35)36)18-30-25(34)21-9-6-16-33(19-21)17-7-10-22-12-11-20-8-5-15-29-24(20)31-22/h11-12,21,23H,2-10,13-19H2,1H3,(H,29,31)(H,30,34)(H,32,37)(H,35,36)/t21-,23?/m1/s1. The number of anilines is 1. The van der Waals surface area contributed by atoms with Gasteiger partial charge < -0.3 is 26.0 Å². The smallest absolute Gasteiger partial charge is 0.328 e. The van der Waals surface area contributed by atoms with Crippen LogP contribution in [0.3, 0.4) is 0 Å². The Kier molecular flexibility index (Phi) is 9.40. The van der Waals surface area contributed by atoms with Crippen LogP contribution >= 0.6 is 0 Å². The van der Waals surface area contributed by atoms with Crippen LogP contribution < -0.4 is 16.0 Å². The highest BCUT2D eigenvalue weighted by Gasteiger charge is 2.37. The number of hydrogen-bond donors (Lipinski definition) is 4. The topological polar surface area (TPSA) is 124 Å². The molecule has 9 heteroatoms. The molecule has 0 aromatic carbocycles. The van der Waals surface area contributed by atoms with E-state index < -0.39 is 17.4 Å². The first-order valence-corrected chi connectivity index (χ1v) is 14.1. The fourth-order valence-electron chi connectivity index (χ4n) is 5.90. The van der Waals surface area contributed by atoms with Crippen LogP contribution in [0.5, 0.6) is 0 Å². The molecule has 0 radical (unpaired) electrons. The van der Waals surface area contributed by atoms with E-state index in [9.17, 15) is 19.5 Å². The lowest BCUT2D eigenvalue weighted by molar-refractivity contribution is -0.144. The largest absolute Gasteiger partial charge is 0.480 e. The minimum absolute atomic E-state index is 0.0927. The number of fused-ring (bicyclic) bond motifs is 1. The molecule has 204 valence electrons. The van der Waals surface area contributed by atoms with Gasteiger partial charge in [-0.05, 0) is 76.1 Å². The van der Waals surface area contributed by atoms with Gasteiger partial charge in [0.15, 0.2) is 0 Å². The highest BCUT2D eigenvalue weighted by atomic mass is 16.4. The van der Waals surface area contributed by atoms with Crippen molar-refractivity contribution in [3.05, 3.63) is 23.4 Å². The first-order valence-electron chi connectivity index (χ1n) is 14.1. The molecule has 2 aliphatic heterocycles. The van der Waals surface area contributed by atoms with E-state index in [2.05, 4.69) is 33.0 Å². The summed E-state index contributed by atoms with van der Waals surface area (Å²) in [6, 6.07) is 3.20. The number of aliphatic carboxylic acids is 1. The number of aromatic nitrogens is 1. The van der Waals surface area contributed by atoms with Crippen LogP contribution in [0.15, 0.2) is 12.1 Å². The molecule has 2 atom stereocenters. The molecule has 2 fully saturated rings. The highest BCUT2D eigenvalue weighted by molar-refractivity contribution is 5.88. The van der Waals surface area contributed by atoms with Gasteiger partial charge in [-0.15, -0.1) is 0 Å². The molecule has 37 heavy (non-hydrogen) atoms. The van der Waals surface area contributed by atoms with Crippen molar-refractivity contribution in [2.45, 2.75) is 83.6 Å². The maximum atomic E-state index is 12.9. The Morgan fingerprint density at radius 1 is 1.19 bits per heavy atom. The van der Waals surface area contributed by atoms with Crippen molar-refractivity contribution in [1.82, 2.24) is 20.5 Å². The molecule has 3 heterocycles. The predicted molar refractivity (Wildman–Crippen MR) is 142 cm³/mol. The van der Waals surface area contributed by atoms with Gasteiger partial charge in [-0.3, -0.25) is 9.59 Å². The van der Waals surface area contributed by atoms with Crippen LogP contribution in [0.25, 0.3) is 0 Å². The lowest BCUT2D eigenvalue weighted by Gasteiger charge is -2.33. The molecule has 4 rings (SSSR count). The normalized spacial score (nSPS) is 22.2. The van der Waals surface area contributed by atoms with Crippen molar-refractivity contribution >= 4 is 23.6 Å². The van der Waals surface area contributed by atoms with Gasteiger partial charge >= 0.3 is 5.97 Å². The summed E-state index contributed by atoms with van der Waals surface area (Å²) in [5, 5.41) is 18.5. The van der Waals surface area contributed by atoms with Gasteiger partial charge in [-0.25, -0.2) is 9.78 Å². The molecule has 1 aromatic rings. The van der Waals surface area contributed by atoms with Gasteiger partial charge in [0.1, 0.15) is 11.9 Å². The lowest BCUT2D eigenvalue weighted by atomic mass is 9.75. The molecule has 3 aliphatic rings. The molecule has 0 bridgehead atoms. The predicted octanol–water partition coefficient (Wildman–Crippen LogP) is 2.74. The lowest BCUT2D eigenvalue weighted by Crippen LogP contribution is -2.53. The molecule has 9 nitrogen and oxygen atoms in total. The number of nitrogens with one attached hydrogen (secondary N) is 3. The Balaban J connectivity index is 1.21. The number of nitrogens with zero attached hydrogens (tertiary/aromatic N) is 2. The zero-order chi connectivity index (χ0) is 26.3. The van der Waals surface area contributed by atoms with Gasteiger partial charge in [-0.1, -0.05) is 32.3 Å². The van der Waals surface area contributed by atoms with E-state index in [1.54, 1.807) is 0 Å². The highest BCUT2D eigenvalue weighted by Crippen LogP contribution is 2.36. The molecule has 1 aliphatic carbocycles. The van der Waals surface area contributed by atoms with Gasteiger partial charge in [0.2, 0.25) is 11.8 Å². The number of rotatable bonds is 10. The SMILES string of the molecule is CC1(C(=O)NC(CNC(=O)[C@@H]2CCCN(CCCc3ccc4c(n3)NCCC4)C2)C(=O)O)CCCCC1. The van der Waals surface area contributed by atoms with Crippen LogP contribution in [0, 0.1) is 11.3 Å². The second-order valence-corrected chi connectivity index (χ2v) is 11.3. The molecule has 4 N–H and O–H groups in total. The van der Waals surface area contributed by atoms with Crippen LogP contribution in [-0.4, -0.2) is 71.5 Å². The third-order valence-electron chi connectivity index (χ3n) is 8.32. The molecule has 1 unspecified atom stereocenters. The minimum Gasteiger partial charge on any atom is -0.480 e. The van der Waals surface area contributed by atoms with E-state index in [4.69, 9.17) is 4.98 Å². The number of aryl methyl sites for hydroxylation is 2. The van der Waals surface area contributed by atoms with Crippen molar-refractivity contribution in [3.63, 3.8) is 0 Å². The first-order chi connectivity index (χ1) is 17.8. The quantitative estimate of drug-likeness (QED) is 0.379. The number of likely N-dealkylation sites (tertiary alicyclic amines) is 1. The molecule has 1 aromatic heterocycles. The number of carboxylic acids is 1. The van der Waals surface area contributed by atoms with Crippen molar-refractivity contribution in [2.24, 2.45) is 11.3 Å². The monoisotopic (exact) mass is 513 g/mol. The average Bonchev–Trinajstić information content (AvgIpc) is 2.91. The van der Waals surface area contributed by atoms with Crippen molar-refractivity contribution < 1.29 is 19.5 Å². The van der Waals surface area contributed by atoms with Crippen molar-refractivity contribution in [3.8, 4) is 0 Å². The number of piperidine rings is 1. The maximum absolute atomic E-state index is 12.9. The van der Waals surface area contributed by atoms with Crippen LogP contribution in [0.1, 0.15) is 76.0 Å². The van der Waals surface area contributed by atoms with E-state index in [1.807, 2.05) is 6.92 Å². The van der Waals surface area contributed by atoms with Gasteiger partial charge in [-0.2, -0.15) is 0 Å². The Morgan fingerprint density at radius 2 is 2.00 bits per heavy atom. The van der Waals surface area contributed by atoms with Crippen LogP contribution in [0.2, 0.25) is 0 Å². The van der Waals surface area contributed by atoms with Crippen LogP contribution in [-0.2, 0) is 27.2 Å². The number of carbonyl (C=O) groups is 3. The van der Waals surface area contributed by atoms with Gasteiger partial charge in [0.05, 0.1) is 5.92 Å². The van der Waals surface area contributed by atoms with E-state index in [1.165, 1.54) is 5.56 Å². The maximum Gasteiger partial charge on any atom is 0.328 e. The molecule has 0 spiro atoms. The second kappa shape index (κ2) is 12.7. The first kappa shape index (κ1) is 27.4. The third kappa shape index (κ3) is 7.43. The average molecular weight is 514 g/mol. The summed E-state index contributed by atoms with van der Waals surface area (Å²) < 4.78 is 0. The second-order valence-electron chi connectivity index (χ2n) is 11.3. The molecule has 1 saturated heterocycles. The summed E-state index contributed by atoms with van der Waals surface area (Å²) in [6.07, 6.45) is 10.5. The molecular formula is C28H43N5O4. The van der Waals surface area contributed by atoms with Crippen molar-refractivity contribution in [2.75, 3.05) is 38.0 Å². The van der Waals surface area contributed by atoms with E-state index in [0.717, 1.165) is 102 Å². The Bertz CT molecular complexity index is 962. The summed E-state index contributed by atoms with van der Waals surface area (Å²) in [4.78, 5) is 44.6. The number of carboxylic acid groups (broad SMARTS) is 1. The van der Waals surface area contributed by atoms with Gasteiger partial charge in [0, 0.05) is 30.7 Å². The Morgan fingerprint density at radius 3 is 2.78 bits per heavy atom. The van der Waals surface area contributed by atoms with E-state index in [-0.39, 0.29) is 24.3 Å². The third-order valence-corrected chi connectivity index (χ3v) is 8.32. The summed E-state index contributed by atoms with van der Waals surface area (Å²) >= 11 is 0. The fraction of sp³-hybridized carbons (Fsp3) is 0.714.